The lowest BCUT2D eigenvalue weighted by atomic mass is 10.1. The Morgan fingerprint density at radius 1 is 0.469 bits per heavy atom. The molecule has 6 rings (SSSR count). The minimum absolute atomic E-state index is 0.729. The zero-order valence-corrected chi connectivity index (χ0v) is 30.6. The van der Waals surface area contributed by atoms with Crippen LogP contribution in [0, 0.1) is 0 Å². The van der Waals surface area contributed by atoms with E-state index in [-0.39, 0.29) is 0 Å². The molecule has 4 heterocycles. The Morgan fingerprint density at radius 2 is 0.837 bits per heavy atom. The summed E-state index contributed by atoms with van der Waals surface area (Å²) in [6, 6.07) is 16.0. The molecule has 2 fully saturated rings. The molecule has 2 aromatic carbocycles. The molecule has 2 N–H and O–H groups in total. The summed E-state index contributed by atoms with van der Waals surface area (Å²) in [5.41, 5.74) is 4.17. The molecule has 0 spiro atoms. The SMILES string of the molecule is Clc1ccc2c(NCCCN3CCN(CCCCCCCN4CCN(CCCNc5ccnc6cc(Cl)ccc56)CC4)CC3)ccnc2c1. The van der Waals surface area contributed by atoms with Crippen LogP contribution in [0.25, 0.3) is 21.8 Å². The molecule has 10 heteroatoms. The second-order valence-corrected chi connectivity index (χ2v) is 14.6. The van der Waals surface area contributed by atoms with Gasteiger partial charge in [-0.2, -0.15) is 0 Å². The van der Waals surface area contributed by atoms with Gasteiger partial charge in [0.15, 0.2) is 0 Å². The van der Waals surface area contributed by atoms with Gasteiger partial charge in [0.2, 0.25) is 0 Å². The van der Waals surface area contributed by atoms with Crippen molar-refractivity contribution in [2.45, 2.75) is 44.9 Å². The van der Waals surface area contributed by atoms with E-state index in [1.807, 2.05) is 36.7 Å². The highest BCUT2D eigenvalue weighted by atomic mass is 35.5. The van der Waals surface area contributed by atoms with Crippen LogP contribution >= 0.6 is 23.2 Å². The van der Waals surface area contributed by atoms with Crippen LogP contribution in [0.2, 0.25) is 10.0 Å². The van der Waals surface area contributed by atoms with E-state index < -0.39 is 0 Å². The number of hydrogen-bond donors (Lipinski definition) is 2. The summed E-state index contributed by atoms with van der Waals surface area (Å²) in [6.07, 6.45) is 12.8. The fraction of sp³-hybridized carbons (Fsp3) is 0.538. The molecule has 0 atom stereocenters. The Morgan fingerprint density at radius 3 is 1.24 bits per heavy atom. The third kappa shape index (κ3) is 11.1. The summed E-state index contributed by atoms with van der Waals surface area (Å²) in [6.45, 7) is 16.4. The van der Waals surface area contributed by atoms with E-state index in [2.05, 4.69) is 64.5 Å². The number of benzene rings is 2. The van der Waals surface area contributed by atoms with Crippen LogP contribution in [-0.4, -0.2) is 121 Å². The lowest BCUT2D eigenvalue weighted by Gasteiger charge is -2.35. The van der Waals surface area contributed by atoms with Gasteiger partial charge in [0.25, 0.3) is 0 Å². The van der Waals surface area contributed by atoms with Crippen LogP contribution in [0.1, 0.15) is 44.9 Å². The zero-order valence-electron chi connectivity index (χ0n) is 29.1. The molecular weight excluding hydrogens is 651 g/mol. The van der Waals surface area contributed by atoms with Crippen LogP contribution in [0.5, 0.6) is 0 Å². The maximum atomic E-state index is 6.13. The topological polar surface area (TPSA) is 62.8 Å². The van der Waals surface area contributed by atoms with Crippen molar-refractivity contribution in [3.63, 3.8) is 0 Å². The second-order valence-electron chi connectivity index (χ2n) is 13.7. The van der Waals surface area contributed by atoms with E-state index in [0.29, 0.717) is 0 Å². The molecule has 2 saturated heterocycles. The molecule has 0 saturated carbocycles. The molecule has 0 aliphatic carbocycles. The average Bonchev–Trinajstić information content (AvgIpc) is 3.12. The van der Waals surface area contributed by atoms with E-state index in [1.54, 1.807) is 0 Å². The number of aromatic nitrogens is 2. The minimum atomic E-state index is 0.729. The molecule has 49 heavy (non-hydrogen) atoms. The Balaban J connectivity index is 0.734. The predicted molar refractivity (Wildman–Crippen MR) is 209 cm³/mol. The first-order valence-corrected chi connectivity index (χ1v) is 19.3. The maximum Gasteiger partial charge on any atom is 0.0737 e. The Bertz CT molecular complexity index is 1470. The molecule has 2 aromatic heterocycles. The van der Waals surface area contributed by atoms with E-state index in [1.165, 1.54) is 97.6 Å². The van der Waals surface area contributed by atoms with Crippen LogP contribution < -0.4 is 10.6 Å². The van der Waals surface area contributed by atoms with Crippen LogP contribution in [-0.2, 0) is 0 Å². The Kier molecular flexibility index (Phi) is 14.0. The van der Waals surface area contributed by atoms with E-state index in [0.717, 1.165) is 82.2 Å². The van der Waals surface area contributed by atoms with Crippen molar-refractivity contribution in [2.24, 2.45) is 0 Å². The van der Waals surface area contributed by atoms with Crippen molar-refractivity contribution in [3.8, 4) is 0 Å². The van der Waals surface area contributed by atoms with Gasteiger partial charge in [0, 0.05) is 110 Å². The molecule has 4 aromatic rings. The summed E-state index contributed by atoms with van der Waals surface area (Å²) in [7, 11) is 0. The molecule has 0 amide bonds. The molecule has 8 nitrogen and oxygen atoms in total. The highest BCUT2D eigenvalue weighted by Gasteiger charge is 2.17. The van der Waals surface area contributed by atoms with Crippen molar-refractivity contribution in [1.29, 1.82) is 0 Å². The number of rotatable bonds is 18. The van der Waals surface area contributed by atoms with Crippen molar-refractivity contribution in [3.05, 3.63) is 71.0 Å². The van der Waals surface area contributed by atoms with Crippen molar-refractivity contribution in [1.82, 2.24) is 29.6 Å². The van der Waals surface area contributed by atoms with Crippen LogP contribution in [0.4, 0.5) is 11.4 Å². The Labute approximate surface area is 303 Å². The predicted octanol–water partition coefficient (Wildman–Crippen LogP) is 7.58. The third-order valence-corrected chi connectivity index (χ3v) is 10.7. The van der Waals surface area contributed by atoms with Crippen molar-refractivity contribution >= 4 is 56.4 Å². The number of pyridine rings is 2. The fourth-order valence-electron chi connectivity index (χ4n) is 7.28. The Hall–Kier alpha value is -2.72. The van der Waals surface area contributed by atoms with Gasteiger partial charge in [-0.15, -0.1) is 0 Å². The van der Waals surface area contributed by atoms with Gasteiger partial charge in [-0.1, -0.05) is 42.5 Å². The van der Waals surface area contributed by atoms with Gasteiger partial charge in [-0.05, 0) is 100 Å². The largest absolute Gasteiger partial charge is 0.384 e. The van der Waals surface area contributed by atoms with Crippen molar-refractivity contribution < 1.29 is 0 Å². The molecule has 0 unspecified atom stereocenters. The summed E-state index contributed by atoms with van der Waals surface area (Å²) in [5, 5.41) is 10.9. The first-order chi connectivity index (χ1) is 24.1. The van der Waals surface area contributed by atoms with Gasteiger partial charge in [-0.25, -0.2) is 0 Å². The number of fused-ring (bicyclic) bond motifs is 2. The van der Waals surface area contributed by atoms with Crippen LogP contribution in [0.15, 0.2) is 60.9 Å². The minimum Gasteiger partial charge on any atom is -0.384 e. The lowest BCUT2D eigenvalue weighted by molar-refractivity contribution is 0.128. The quantitative estimate of drug-likeness (QED) is 0.103. The normalized spacial score (nSPS) is 16.9. The molecule has 264 valence electrons. The summed E-state index contributed by atoms with van der Waals surface area (Å²) >= 11 is 12.3. The molecule has 0 bridgehead atoms. The van der Waals surface area contributed by atoms with Gasteiger partial charge in [0.05, 0.1) is 11.0 Å². The third-order valence-electron chi connectivity index (χ3n) is 10.2. The summed E-state index contributed by atoms with van der Waals surface area (Å²) < 4.78 is 0. The average molecular weight is 706 g/mol. The smallest absolute Gasteiger partial charge is 0.0737 e. The molecule has 0 radical (unpaired) electrons. The van der Waals surface area contributed by atoms with Crippen molar-refractivity contribution in [2.75, 3.05) is 102 Å². The number of unbranched alkanes of at least 4 members (excludes halogenated alkanes) is 4. The van der Waals surface area contributed by atoms with Gasteiger partial charge < -0.3 is 30.2 Å². The zero-order chi connectivity index (χ0) is 33.7. The molecule has 2 aliphatic heterocycles. The van der Waals surface area contributed by atoms with E-state index >= 15 is 0 Å². The summed E-state index contributed by atoms with van der Waals surface area (Å²) in [4.78, 5) is 19.5. The van der Waals surface area contributed by atoms with Crippen LogP contribution in [0.3, 0.4) is 0 Å². The van der Waals surface area contributed by atoms with Gasteiger partial charge in [0.1, 0.15) is 0 Å². The number of hydrogen-bond acceptors (Lipinski definition) is 8. The van der Waals surface area contributed by atoms with E-state index in [4.69, 9.17) is 23.2 Å². The number of halogens is 2. The lowest BCUT2D eigenvalue weighted by Crippen LogP contribution is -2.47. The highest BCUT2D eigenvalue weighted by Crippen LogP contribution is 2.25. The first-order valence-electron chi connectivity index (χ1n) is 18.6. The number of nitrogens with zero attached hydrogens (tertiary/aromatic N) is 6. The highest BCUT2D eigenvalue weighted by molar-refractivity contribution is 6.31. The molecular formula is C39H54Cl2N8. The first kappa shape index (κ1) is 36.1. The second kappa shape index (κ2) is 19.0. The number of anilines is 2. The standard InChI is InChI=1S/C39H54Cl2N8/c40-32-8-10-34-36(12-16-44-38(34)30-32)42-14-6-20-48-26-22-46(23-27-48)18-4-2-1-3-5-19-47-24-28-49(29-25-47)21-7-15-43-37-13-17-45-39-31-33(41)9-11-35(37)39/h8-13,16-17,30-31H,1-7,14-15,18-29H2,(H,42,44)(H,43,45). The monoisotopic (exact) mass is 704 g/mol. The fourth-order valence-corrected chi connectivity index (χ4v) is 7.61. The van der Waals surface area contributed by atoms with Gasteiger partial charge in [-0.3, -0.25) is 9.97 Å². The number of nitrogens with one attached hydrogen (secondary N) is 2. The summed E-state index contributed by atoms with van der Waals surface area (Å²) in [5.74, 6) is 0. The van der Waals surface area contributed by atoms with E-state index in [9.17, 15) is 0 Å². The molecule has 2 aliphatic rings. The van der Waals surface area contributed by atoms with Gasteiger partial charge >= 0.3 is 0 Å². The maximum absolute atomic E-state index is 6.13. The number of piperazine rings is 2.